The fourth-order valence-corrected chi connectivity index (χ4v) is 10.1. The predicted molar refractivity (Wildman–Crippen MR) is 222 cm³/mol. The minimum Gasteiger partial charge on any atom is -0.455 e. The highest BCUT2D eigenvalue weighted by molar-refractivity contribution is 6.12. The van der Waals surface area contributed by atoms with Crippen LogP contribution in [0.2, 0.25) is 0 Å². The molecule has 1 spiro atoms. The maximum atomic E-state index is 6.81. The van der Waals surface area contributed by atoms with E-state index in [1.54, 1.807) is 0 Å². The molecule has 258 valence electrons. The summed E-state index contributed by atoms with van der Waals surface area (Å²) in [7, 11) is 2.23. The second-order valence-electron chi connectivity index (χ2n) is 15.1. The van der Waals surface area contributed by atoms with Crippen LogP contribution in [0.5, 0.6) is 0 Å². The minimum absolute atomic E-state index is 0.00491. The monoisotopic (exact) mass is 694 g/mol. The molecule has 1 aromatic heterocycles. The summed E-state index contributed by atoms with van der Waals surface area (Å²) in [5.41, 5.74) is 15.0. The molecule has 11 rings (SSSR count). The second-order valence-corrected chi connectivity index (χ2v) is 15.1. The number of furan rings is 1. The number of para-hydroxylation sites is 1. The molecule has 2 heterocycles. The Hall–Kier alpha value is -6.45. The molecule has 54 heavy (non-hydrogen) atoms. The number of aliphatic imine (C=N–C) groups is 1. The number of benzene rings is 7. The van der Waals surface area contributed by atoms with Crippen molar-refractivity contribution in [3.8, 4) is 11.1 Å². The Balaban J connectivity index is 1.19. The van der Waals surface area contributed by atoms with Crippen molar-refractivity contribution in [3.05, 3.63) is 214 Å². The smallest absolute Gasteiger partial charge is 0.143 e. The lowest BCUT2D eigenvalue weighted by Crippen LogP contribution is -2.41. The molecule has 3 heteroatoms. The van der Waals surface area contributed by atoms with Crippen LogP contribution in [0.15, 0.2) is 173 Å². The predicted octanol–water partition coefficient (Wildman–Crippen LogP) is 12.2. The van der Waals surface area contributed by atoms with E-state index in [1.165, 1.54) is 55.6 Å². The number of rotatable bonds is 3. The Morgan fingerprint density at radius 3 is 2.09 bits per heavy atom. The lowest BCUT2D eigenvalue weighted by atomic mass is 9.65. The van der Waals surface area contributed by atoms with Gasteiger partial charge >= 0.3 is 0 Å². The lowest BCUT2D eigenvalue weighted by Gasteiger charge is -2.43. The Morgan fingerprint density at radius 1 is 0.574 bits per heavy atom. The second kappa shape index (κ2) is 11.8. The van der Waals surface area contributed by atoms with Crippen molar-refractivity contribution in [1.82, 2.24) is 4.90 Å². The normalized spacial score (nSPS) is 21.0. The summed E-state index contributed by atoms with van der Waals surface area (Å²) in [5.74, 6) is 1.22. The molecule has 0 amide bonds. The summed E-state index contributed by atoms with van der Waals surface area (Å²) < 4.78 is 6.81. The van der Waals surface area contributed by atoms with Gasteiger partial charge in [0.2, 0.25) is 0 Å². The van der Waals surface area contributed by atoms with Crippen molar-refractivity contribution >= 4 is 39.9 Å². The van der Waals surface area contributed by atoms with Crippen LogP contribution in [0.25, 0.3) is 45.2 Å². The first-order valence-corrected chi connectivity index (χ1v) is 19.0. The number of nitrogens with zero attached hydrogens (tertiary/aromatic N) is 2. The molecular weight excluding hydrogens is 657 g/mol. The van der Waals surface area contributed by atoms with Crippen molar-refractivity contribution < 1.29 is 4.42 Å². The molecule has 4 atom stereocenters. The van der Waals surface area contributed by atoms with Gasteiger partial charge in [-0.2, -0.15) is 0 Å². The standard InChI is InChI=1S/C51H38N2O/c1-32-47(35-16-5-3-6-17-35)52-50(36-18-7-4-8-19-36)53(2)48(32)37-28-27-34-26-25-33-15-9-12-22-41(33)51(44(34)31-37)42-23-13-10-21-40(42)46-43(51)30-29-39-38-20-11-14-24-45(38)54-49(39)46/h3-32,47-48H,1-2H3. The molecule has 0 fully saturated rings. The van der Waals surface area contributed by atoms with Gasteiger partial charge in [-0.25, -0.2) is 0 Å². The summed E-state index contributed by atoms with van der Waals surface area (Å²) in [4.78, 5) is 7.91. The van der Waals surface area contributed by atoms with E-state index < -0.39 is 5.41 Å². The maximum Gasteiger partial charge on any atom is 0.143 e. The number of fused-ring (bicyclic) bond motifs is 13. The van der Waals surface area contributed by atoms with Crippen LogP contribution in [0.4, 0.5) is 0 Å². The lowest BCUT2D eigenvalue weighted by molar-refractivity contribution is 0.222. The van der Waals surface area contributed by atoms with Gasteiger partial charge in [0.25, 0.3) is 0 Å². The quantitative estimate of drug-likeness (QED) is 0.184. The zero-order chi connectivity index (χ0) is 36.0. The molecular formula is C51H38N2O. The molecule has 8 aromatic rings. The van der Waals surface area contributed by atoms with Crippen LogP contribution in [0.1, 0.15) is 69.1 Å². The number of amidine groups is 1. The third-order valence-electron chi connectivity index (χ3n) is 12.4. The Kier molecular flexibility index (Phi) is 6.79. The zero-order valence-corrected chi connectivity index (χ0v) is 30.3. The van der Waals surface area contributed by atoms with Crippen molar-refractivity contribution in [1.29, 1.82) is 0 Å². The van der Waals surface area contributed by atoms with E-state index in [9.17, 15) is 0 Å². The van der Waals surface area contributed by atoms with E-state index >= 15 is 0 Å². The molecule has 1 aliphatic heterocycles. The van der Waals surface area contributed by atoms with E-state index in [2.05, 4.69) is 195 Å². The molecule has 0 radical (unpaired) electrons. The summed E-state index contributed by atoms with van der Waals surface area (Å²) >= 11 is 0. The van der Waals surface area contributed by atoms with Gasteiger partial charge in [-0.3, -0.25) is 4.99 Å². The summed E-state index contributed by atoms with van der Waals surface area (Å²) in [6.07, 6.45) is 4.63. The Morgan fingerprint density at radius 2 is 1.26 bits per heavy atom. The third kappa shape index (κ3) is 4.27. The molecule has 0 N–H and O–H groups in total. The highest BCUT2D eigenvalue weighted by Gasteiger charge is 2.50. The van der Waals surface area contributed by atoms with E-state index in [1.807, 2.05) is 0 Å². The van der Waals surface area contributed by atoms with Crippen molar-refractivity contribution in [2.75, 3.05) is 7.05 Å². The van der Waals surface area contributed by atoms with Crippen LogP contribution in [0.3, 0.4) is 0 Å². The molecule has 0 saturated carbocycles. The van der Waals surface area contributed by atoms with E-state index in [4.69, 9.17) is 9.41 Å². The maximum absolute atomic E-state index is 6.81. The van der Waals surface area contributed by atoms with Gasteiger partial charge in [0.05, 0.1) is 17.5 Å². The first-order chi connectivity index (χ1) is 26.6. The van der Waals surface area contributed by atoms with Gasteiger partial charge in [0.1, 0.15) is 17.0 Å². The van der Waals surface area contributed by atoms with Crippen molar-refractivity contribution in [2.45, 2.75) is 24.4 Å². The zero-order valence-electron chi connectivity index (χ0n) is 30.3. The average molecular weight is 695 g/mol. The van der Waals surface area contributed by atoms with E-state index in [0.717, 1.165) is 33.3 Å². The molecule has 0 saturated heterocycles. The first-order valence-electron chi connectivity index (χ1n) is 19.0. The Bertz CT molecular complexity index is 2830. The van der Waals surface area contributed by atoms with Gasteiger partial charge in [-0.05, 0) is 56.1 Å². The summed E-state index contributed by atoms with van der Waals surface area (Å²) in [6.45, 7) is 2.37. The average Bonchev–Trinajstić information content (AvgIpc) is 3.70. The van der Waals surface area contributed by atoms with Crippen molar-refractivity contribution in [3.63, 3.8) is 0 Å². The van der Waals surface area contributed by atoms with Crippen molar-refractivity contribution in [2.24, 2.45) is 10.9 Å². The fraction of sp³-hybridized carbons (Fsp3) is 0.118. The highest BCUT2D eigenvalue weighted by atomic mass is 16.3. The SMILES string of the molecule is CC1C(c2ccccc2)N=C(c2ccccc2)N(C)C1c1ccc2c(c1)C1(c3ccccc3C=C2)c2ccccc2-c2c1ccc1c2oc2ccccc21. The molecule has 2 aliphatic carbocycles. The summed E-state index contributed by atoms with van der Waals surface area (Å²) in [6, 6.07) is 59.9. The molecule has 3 nitrogen and oxygen atoms in total. The number of hydrogen-bond acceptors (Lipinski definition) is 3. The van der Waals surface area contributed by atoms with Crippen LogP contribution in [0, 0.1) is 5.92 Å². The molecule has 0 bridgehead atoms. The molecule has 4 unspecified atom stereocenters. The first kappa shape index (κ1) is 31.1. The minimum atomic E-state index is -0.573. The fourth-order valence-electron chi connectivity index (χ4n) is 10.1. The van der Waals surface area contributed by atoms with E-state index in [0.29, 0.717) is 0 Å². The van der Waals surface area contributed by atoms with Gasteiger partial charge in [-0.1, -0.05) is 177 Å². The Labute approximate surface area is 315 Å². The van der Waals surface area contributed by atoms with Crippen LogP contribution in [-0.4, -0.2) is 17.8 Å². The van der Waals surface area contributed by atoms with Crippen LogP contribution < -0.4 is 0 Å². The van der Waals surface area contributed by atoms with Crippen LogP contribution >= 0.6 is 0 Å². The summed E-state index contributed by atoms with van der Waals surface area (Å²) in [5, 5.41) is 2.31. The van der Waals surface area contributed by atoms with Gasteiger partial charge in [0, 0.05) is 34.9 Å². The topological polar surface area (TPSA) is 28.7 Å². The van der Waals surface area contributed by atoms with Gasteiger partial charge < -0.3 is 9.32 Å². The largest absolute Gasteiger partial charge is 0.455 e. The molecule has 7 aromatic carbocycles. The van der Waals surface area contributed by atoms with Crippen LogP contribution in [-0.2, 0) is 5.41 Å². The molecule has 3 aliphatic rings. The number of hydrogen-bond donors (Lipinski definition) is 0. The van der Waals surface area contributed by atoms with E-state index in [-0.39, 0.29) is 18.0 Å². The highest BCUT2D eigenvalue weighted by Crippen LogP contribution is 2.61. The van der Waals surface area contributed by atoms with Gasteiger partial charge in [-0.15, -0.1) is 0 Å². The van der Waals surface area contributed by atoms with Gasteiger partial charge in [0.15, 0.2) is 0 Å². The third-order valence-corrected chi connectivity index (χ3v) is 12.4.